The molecule has 2 N–H and O–H groups in total. The summed E-state index contributed by atoms with van der Waals surface area (Å²) in [5.41, 5.74) is 0.899. The Morgan fingerprint density at radius 2 is 1.79 bits per heavy atom. The molecule has 0 spiro atoms. The number of rotatable bonds is 6. The van der Waals surface area contributed by atoms with Crippen LogP contribution in [0.15, 0.2) is 29.2 Å². The van der Waals surface area contributed by atoms with E-state index in [-0.39, 0.29) is 0 Å². The van der Waals surface area contributed by atoms with Crippen molar-refractivity contribution in [2.45, 2.75) is 17.7 Å². The van der Waals surface area contributed by atoms with Gasteiger partial charge in [-0.2, -0.15) is 0 Å². The van der Waals surface area contributed by atoms with Crippen LogP contribution in [-0.4, -0.2) is 46.5 Å². The maximum atomic E-state index is 12.1. The molecule has 0 unspecified atom stereocenters. The summed E-state index contributed by atoms with van der Waals surface area (Å²) in [7, 11) is -1.58. The van der Waals surface area contributed by atoms with Crippen LogP contribution in [0.4, 0.5) is 5.69 Å². The highest BCUT2D eigenvalue weighted by Crippen LogP contribution is 2.13. The van der Waals surface area contributed by atoms with Crippen LogP contribution >= 0.6 is 0 Å². The van der Waals surface area contributed by atoms with Crippen molar-refractivity contribution >= 4 is 15.7 Å². The highest BCUT2D eigenvalue weighted by atomic mass is 32.2. The van der Waals surface area contributed by atoms with E-state index in [9.17, 15) is 8.42 Å². The van der Waals surface area contributed by atoms with Crippen LogP contribution in [0, 0.1) is 0 Å². The van der Waals surface area contributed by atoms with E-state index >= 15 is 0 Å². The minimum Gasteiger partial charge on any atom is -0.388 e. The van der Waals surface area contributed by atoms with Crippen molar-refractivity contribution in [2.75, 3.05) is 38.5 Å². The lowest BCUT2D eigenvalue weighted by molar-refractivity contribution is 0.344. The number of hydrogen-bond acceptors (Lipinski definition) is 4. The van der Waals surface area contributed by atoms with Crippen LogP contribution in [0.1, 0.15) is 12.8 Å². The SMILES string of the molecule is CNc1ccc(S(=O)(=O)NCCN2CCCC2)cc1. The summed E-state index contributed by atoms with van der Waals surface area (Å²) >= 11 is 0. The molecule has 0 amide bonds. The average molecular weight is 283 g/mol. The van der Waals surface area contributed by atoms with Crippen molar-refractivity contribution in [1.29, 1.82) is 0 Å². The molecule has 0 bridgehead atoms. The summed E-state index contributed by atoms with van der Waals surface area (Å²) in [6.07, 6.45) is 2.44. The zero-order valence-electron chi connectivity index (χ0n) is 11.2. The third kappa shape index (κ3) is 3.92. The Hall–Kier alpha value is -1.11. The van der Waals surface area contributed by atoms with E-state index in [4.69, 9.17) is 0 Å². The highest BCUT2D eigenvalue weighted by Gasteiger charge is 2.15. The number of nitrogens with one attached hydrogen (secondary N) is 2. The lowest BCUT2D eigenvalue weighted by Crippen LogP contribution is -2.33. The van der Waals surface area contributed by atoms with Gasteiger partial charge in [-0.15, -0.1) is 0 Å². The second-order valence-electron chi connectivity index (χ2n) is 4.72. The molecule has 0 atom stereocenters. The van der Waals surface area contributed by atoms with Crippen molar-refractivity contribution < 1.29 is 8.42 Å². The van der Waals surface area contributed by atoms with Gasteiger partial charge >= 0.3 is 0 Å². The lowest BCUT2D eigenvalue weighted by Gasteiger charge is -2.14. The molecule has 6 heteroatoms. The Labute approximate surface area is 115 Å². The largest absolute Gasteiger partial charge is 0.388 e. The topological polar surface area (TPSA) is 61.4 Å². The predicted molar refractivity (Wildman–Crippen MR) is 76.9 cm³/mol. The summed E-state index contributed by atoms with van der Waals surface area (Å²) in [6.45, 7) is 3.42. The summed E-state index contributed by atoms with van der Waals surface area (Å²) < 4.78 is 26.8. The van der Waals surface area contributed by atoms with Crippen molar-refractivity contribution in [3.63, 3.8) is 0 Å². The first-order valence-corrected chi connectivity index (χ1v) is 8.10. The quantitative estimate of drug-likeness (QED) is 0.821. The van der Waals surface area contributed by atoms with Gasteiger partial charge < -0.3 is 10.2 Å². The van der Waals surface area contributed by atoms with E-state index < -0.39 is 10.0 Å². The Bertz CT molecular complexity index is 493. The first-order valence-electron chi connectivity index (χ1n) is 6.62. The van der Waals surface area contributed by atoms with E-state index in [1.54, 1.807) is 31.3 Å². The summed E-state index contributed by atoms with van der Waals surface area (Å²) in [5.74, 6) is 0. The molecule has 1 aromatic rings. The van der Waals surface area contributed by atoms with Gasteiger partial charge in [0.05, 0.1) is 4.90 Å². The summed E-state index contributed by atoms with van der Waals surface area (Å²) in [5, 5.41) is 2.96. The molecule has 1 saturated heterocycles. The van der Waals surface area contributed by atoms with Gasteiger partial charge in [-0.05, 0) is 50.2 Å². The molecule has 0 saturated carbocycles. The molecule has 1 aliphatic heterocycles. The van der Waals surface area contributed by atoms with E-state index in [0.717, 1.165) is 25.3 Å². The third-order valence-corrected chi connectivity index (χ3v) is 4.85. The van der Waals surface area contributed by atoms with Crippen LogP contribution < -0.4 is 10.0 Å². The fourth-order valence-corrected chi connectivity index (χ4v) is 3.25. The number of nitrogens with zero attached hydrogens (tertiary/aromatic N) is 1. The zero-order chi connectivity index (χ0) is 13.7. The molecule has 1 fully saturated rings. The molecule has 0 aliphatic carbocycles. The van der Waals surface area contributed by atoms with Crippen molar-refractivity contribution in [3.05, 3.63) is 24.3 Å². The van der Waals surface area contributed by atoms with Crippen LogP contribution in [0.25, 0.3) is 0 Å². The van der Waals surface area contributed by atoms with Gasteiger partial charge in [0.2, 0.25) is 10.0 Å². The molecular weight excluding hydrogens is 262 g/mol. The van der Waals surface area contributed by atoms with Gasteiger partial charge in [0.1, 0.15) is 0 Å². The molecule has 0 aromatic heterocycles. The number of hydrogen-bond donors (Lipinski definition) is 2. The number of likely N-dealkylation sites (tertiary alicyclic amines) is 1. The second kappa shape index (κ2) is 6.36. The first-order chi connectivity index (χ1) is 9.12. The predicted octanol–water partition coefficient (Wildman–Crippen LogP) is 1.10. The molecule has 1 aliphatic rings. The molecular formula is C13H21N3O2S. The van der Waals surface area contributed by atoms with Crippen LogP contribution in [0.3, 0.4) is 0 Å². The van der Waals surface area contributed by atoms with Gasteiger partial charge in [0, 0.05) is 25.8 Å². The third-order valence-electron chi connectivity index (χ3n) is 3.37. The normalized spacial score (nSPS) is 16.7. The van der Waals surface area contributed by atoms with Crippen molar-refractivity contribution in [3.8, 4) is 0 Å². The lowest BCUT2D eigenvalue weighted by atomic mass is 10.3. The van der Waals surface area contributed by atoms with Gasteiger partial charge in [-0.3, -0.25) is 0 Å². The molecule has 19 heavy (non-hydrogen) atoms. The summed E-state index contributed by atoms with van der Waals surface area (Å²) in [4.78, 5) is 2.60. The smallest absolute Gasteiger partial charge is 0.240 e. The highest BCUT2D eigenvalue weighted by molar-refractivity contribution is 7.89. The summed E-state index contributed by atoms with van der Waals surface area (Å²) in [6, 6.07) is 6.75. The van der Waals surface area contributed by atoms with E-state index in [1.807, 2.05) is 0 Å². The van der Waals surface area contributed by atoms with Gasteiger partial charge in [0.15, 0.2) is 0 Å². The van der Waals surface area contributed by atoms with Crippen LogP contribution in [-0.2, 0) is 10.0 Å². The molecule has 0 radical (unpaired) electrons. The fraction of sp³-hybridized carbons (Fsp3) is 0.538. The van der Waals surface area contributed by atoms with Crippen molar-refractivity contribution in [1.82, 2.24) is 9.62 Å². The van der Waals surface area contributed by atoms with Gasteiger partial charge in [0.25, 0.3) is 0 Å². The number of anilines is 1. The Morgan fingerprint density at radius 3 is 2.37 bits per heavy atom. The average Bonchev–Trinajstić information content (AvgIpc) is 2.92. The zero-order valence-corrected chi connectivity index (χ0v) is 12.0. The standard InChI is InChI=1S/C13H21N3O2S/c1-14-12-4-6-13(7-5-12)19(17,18)15-8-11-16-9-2-3-10-16/h4-7,14-15H,2-3,8-11H2,1H3. The Kier molecular flexibility index (Phi) is 4.79. The molecule has 106 valence electrons. The molecule has 1 aromatic carbocycles. The minimum atomic E-state index is -3.38. The van der Waals surface area contributed by atoms with Crippen molar-refractivity contribution in [2.24, 2.45) is 0 Å². The van der Waals surface area contributed by atoms with Gasteiger partial charge in [-0.25, -0.2) is 13.1 Å². The van der Waals surface area contributed by atoms with E-state index in [0.29, 0.717) is 11.4 Å². The van der Waals surface area contributed by atoms with E-state index in [1.165, 1.54) is 12.8 Å². The van der Waals surface area contributed by atoms with Crippen LogP contribution in [0.5, 0.6) is 0 Å². The van der Waals surface area contributed by atoms with Crippen LogP contribution in [0.2, 0.25) is 0 Å². The van der Waals surface area contributed by atoms with E-state index in [2.05, 4.69) is 14.9 Å². The Balaban J connectivity index is 1.89. The van der Waals surface area contributed by atoms with Gasteiger partial charge in [-0.1, -0.05) is 0 Å². The first kappa shape index (κ1) is 14.3. The molecule has 1 heterocycles. The molecule has 2 rings (SSSR count). The number of sulfonamides is 1. The molecule has 5 nitrogen and oxygen atoms in total. The second-order valence-corrected chi connectivity index (χ2v) is 6.49. The minimum absolute atomic E-state index is 0.313. The monoisotopic (exact) mass is 283 g/mol. The number of benzene rings is 1. The maximum Gasteiger partial charge on any atom is 0.240 e. The Morgan fingerprint density at radius 1 is 1.16 bits per heavy atom. The fourth-order valence-electron chi connectivity index (χ4n) is 2.23. The maximum absolute atomic E-state index is 12.1.